The Hall–Kier alpha value is -2.89. The minimum absolute atomic E-state index is 0.108. The number of ketones is 1. The number of aromatic amines is 2. The van der Waals surface area contributed by atoms with Crippen LogP contribution >= 0.6 is 0 Å². The molecule has 2 aromatic heterocycles. The number of fused-ring (bicyclic) bond motifs is 1. The Bertz CT molecular complexity index is 800. The number of carbonyl (C=O) groups is 2. The van der Waals surface area contributed by atoms with Gasteiger partial charge in [-0.2, -0.15) is 5.10 Å². The van der Waals surface area contributed by atoms with E-state index in [0.717, 1.165) is 10.9 Å². The van der Waals surface area contributed by atoms with Crippen molar-refractivity contribution in [3.63, 3.8) is 0 Å². The van der Waals surface area contributed by atoms with Crippen LogP contribution in [-0.2, 0) is 0 Å². The highest BCUT2D eigenvalue weighted by molar-refractivity contribution is 6.05. The lowest BCUT2D eigenvalue weighted by atomic mass is 10.2. The normalized spacial score (nSPS) is 10.7. The zero-order valence-corrected chi connectivity index (χ0v) is 10.7. The van der Waals surface area contributed by atoms with Gasteiger partial charge in [0.2, 0.25) is 0 Å². The van der Waals surface area contributed by atoms with Crippen LogP contribution in [0.3, 0.4) is 0 Å². The van der Waals surface area contributed by atoms with Gasteiger partial charge in [0.15, 0.2) is 5.78 Å². The molecule has 1 amide bonds. The summed E-state index contributed by atoms with van der Waals surface area (Å²) in [6.45, 7) is 1.44. The van der Waals surface area contributed by atoms with Gasteiger partial charge in [-0.3, -0.25) is 14.7 Å². The Labute approximate surface area is 114 Å². The van der Waals surface area contributed by atoms with Gasteiger partial charge in [-0.1, -0.05) is 0 Å². The Morgan fingerprint density at radius 2 is 1.95 bits per heavy atom. The van der Waals surface area contributed by atoms with E-state index in [-0.39, 0.29) is 11.7 Å². The van der Waals surface area contributed by atoms with Gasteiger partial charge in [-0.25, -0.2) is 0 Å². The number of benzene rings is 1. The number of carbonyl (C=O) groups excluding carboxylic acids is 2. The molecule has 100 valence electrons. The van der Waals surface area contributed by atoms with Crippen molar-refractivity contribution in [2.75, 3.05) is 5.32 Å². The molecule has 0 unspecified atom stereocenters. The summed E-state index contributed by atoms with van der Waals surface area (Å²) >= 11 is 0. The van der Waals surface area contributed by atoms with Crippen LogP contribution in [0.2, 0.25) is 0 Å². The lowest BCUT2D eigenvalue weighted by molar-refractivity contribution is 0.101. The quantitative estimate of drug-likeness (QED) is 0.637. The Morgan fingerprint density at radius 1 is 1.15 bits per heavy atom. The lowest BCUT2D eigenvalue weighted by Crippen LogP contribution is -2.12. The minimum Gasteiger partial charge on any atom is -0.348 e. The average molecular weight is 268 g/mol. The second-order valence-corrected chi connectivity index (χ2v) is 4.47. The molecule has 0 saturated heterocycles. The maximum absolute atomic E-state index is 12.0. The first-order valence-electron chi connectivity index (χ1n) is 6.08. The number of anilines is 1. The number of Topliss-reactive ketones (excluding diaryl/α,β-unsaturated/α-hetero) is 1. The summed E-state index contributed by atoms with van der Waals surface area (Å²) in [4.78, 5) is 26.0. The molecule has 0 aliphatic heterocycles. The van der Waals surface area contributed by atoms with Crippen LogP contribution in [0.25, 0.3) is 10.9 Å². The van der Waals surface area contributed by atoms with Crippen molar-refractivity contribution < 1.29 is 9.59 Å². The van der Waals surface area contributed by atoms with Crippen LogP contribution in [0.4, 0.5) is 5.69 Å². The maximum atomic E-state index is 12.0. The second-order valence-electron chi connectivity index (χ2n) is 4.47. The molecule has 20 heavy (non-hydrogen) atoms. The summed E-state index contributed by atoms with van der Waals surface area (Å²) in [7, 11) is 0. The Morgan fingerprint density at radius 3 is 2.70 bits per heavy atom. The maximum Gasteiger partial charge on any atom is 0.272 e. The predicted molar refractivity (Wildman–Crippen MR) is 74.8 cm³/mol. The highest BCUT2D eigenvalue weighted by Gasteiger charge is 2.11. The summed E-state index contributed by atoms with van der Waals surface area (Å²) in [5, 5.41) is 10.5. The van der Waals surface area contributed by atoms with Crippen molar-refractivity contribution in [2.45, 2.75) is 6.92 Å². The monoisotopic (exact) mass is 268 g/mol. The van der Waals surface area contributed by atoms with Crippen LogP contribution in [0.1, 0.15) is 27.9 Å². The molecule has 0 fully saturated rings. The molecule has 0 spiro atoms. The lowest BCUT2D eigenvalue weighted by Gasteiger charge is -2.03. The number of aromatic nitrogens is 3. The smallest absolute Gasteiger partial charge is 0.272 e. The highest BCUT2D eigenvalue weighted by Crippen LogP contribution is 2.17. The van der Waals surface area contributed by atoms with Gasteiger partial charge < -0.3 is 10.3 Å². The van der Waals surface area contributed by atoms with Gasteiger partial charge in [0.1, 0.15) is 5.69 Å². The molecule has 0 radical (unpaired) electrons. The van der Waals surface area contributed by atoms with Crippen LogP contribution < -0.4 is 5.32 Å². The number of amides is 1. The van der Waals surface area contributed by atoms with Crippen LogP contribution in [0, 0.1) is 0 Å². The summed E-state index contributed by atoms with van der Waals surface area (Å²) in [6, 6.07) is 8.64. The first kappa shape index (κ1) is 12.2. The Kier molecular flexibility index (Phi) is 2.83. The van der Waals surface area contributed by atoms with Gasteiger partial charge in [-0.15, -0.1) is 0 Å². The van der Waals surface area contributed by atoms with E-state index in [9.17, 15) is 9.59 Å². The standard InChI is InChI=1S/C14H12N4O2/c1-8(19)11-4-5-12(17-11)14(20)16-10-3-2-9-7-15-18-13(9)6-10/h2-7,17H,1H3,(H,15,18)(H,16,20). The van der Waals surface area contributed by atoms with E-state index in [0.29, 0.717) is 17.1 Å². The molecule has 6 heteroatoms. The fraction of sp³-hybridized carbons (Fsp3) is 0.0714. The topological polar surface area (TPSA) is 90.6 Å². The van der Waals surface area contributed by atoms with Crippen molar-refractivity contribution >= 4 is 28.3 Å². The van der Waals surface area contributed by atoms with E-state index >= 15 is 0 Å². The summed E-state index contributed by atoms with van der Waals surface area (Å²) in [6.07, 6.45) is 1.71. The molecule has 3 N–H and O–H groups in total. The van der Waals surface area contributed by atoms with E-state index in [1.165, 1.54) is 6.92 Å². The molecule has 2 heterocycles. The third-order valence-corrected chi connectivity index (χ3v) is 3.01. The average Bonchev–Trinajstić information content (AvgIpc) is 3.07. The molecule has 0 bridgehead atoms. The molecule has 3 rings (SSSR count). The molecule has 0 atom stereocenters. The van der Waals surface area contributed by atoms with E-state index in [1.54, 1.807) is 30.5 Å². The number of nitrogens with zero attached hydrogens (tertiary/aromatic N) is 1. The van der Waals surface area contributed by atoms with Gasteiger partial charge in [0.05, 0.1) is 17.4 Å². The molecule has 0 aliphatic rings. The number of hydrogen-bond acceptors (Lipinski definition) is 3. The van der Waals surface area contributed by atoms with Gasteiger partial charge >= 0.3 is 0 Å². The van der Waals surface area contributed by atoms with Crippen molar-refractivity contribution in [3.8, 4) is 0 Å². The summed E-state index contributed by atoms with van der Waals surface area (Å²) < 4.78 is 0. The summed E-state index contributed by atoms with van der Waals surface area (Å²) in [5.41, 5.74) is 2.27. The third-order valence-electron chi connectivity index (χ3n) is 3.01. The van der Waals surface area contributed by atoms with Gasteiger partial charge in [0.25, 0.3) is 5.91 Å². The van der Waals surface area contributed by atoms with Crippen LogP contribution in [0.15, 0.2) is 36.5 Å². The number of hydrogen-bond donors (Lipinski definition) is 3. The van der Waals surface area contributed by atoms with E-state index in [2.05, 4.69) is 20.5 Å². The van der Waals surface area contributed by atoms with E-state index < -0.39 is 0 Å². The van der Waals surface area contributed by atoms with E-state index in [4.69, 9.17) is 0 Å². The first-order valence-corrected chi connectivity index (χ1v) is 6.08. The van der Waals surface area contributed by atoms with Gasteiger partial charge in [0, 0.05) is 18.0 Å². The second kappa shape index (κ2) is 4.65. The third kappa shape index (κ3) is 2.18. The molecule has 6 nitrogen and oxygen atoms in total. The fourth-order valence-corrected chi connectivity index (χ4v) is 1.95. The molecule has 0 saturated carbocycles. The minimum atomic E-state index is -0.295. The molecule has 0 aliphatic carbocycles. The highest BCUT2D eigenvalue weighted by atomic mass is 16.2. The zero-order valence-electron chi connectivity index (χ0n) is 10.7. The SMILES string of the molecule is CC(=O)c1ccc(C(=O)Nc2ccc3cn[nH]c3c2)[nH]1. The molecular formula is C14H12N4O2. The zero-order chi connectivity index (χ0) is 14.1. The molecular weight excluding hydrogens is 256 g/mol. The van der Waals surface area contributed by atoms with Gasteiger partial charge in [-0.05, 0) is 30.3 Å². The van der Waals surface area contributed by atoms with Crippen LogP contribution in [0.5, 0.6) is 0 Å². The molecule has 1 aromatic carbocycles. The largest absolute Gasteiger partial charge is 0.348 e. The summed E-state index contributed by atoms with van der Waals surface area (Å²) in [5.74, 6) is -0.403. The number of H-pyrrole nitrogens is 2. The number of nitrogens with one attached hydrogen (secondary N) is 3. The number of rotatable bonds is 3. The van der Waals surface area contributed by atoms with Crippen molar-refractivity contribution in [2.24, 2.45) is 0 Å². The molecule has 3 aromatic rings. The fourth-order valence-electron chi connectivity index (χ4n) is 1.95. The first-order chi connectivity index (χ1) is 9.63. The van der Waals surface area contributed by atoms with Crippen molar-refractivity contribution in [1.82, 2.24) is 15.2 Å². The van der Waals surface area contributed by atoms with Crippen LogP contribution in [-0.4, -0.2) is 26.9 Å². The Balaban J connectivity index is 1.82. The predicted octanol–water partition coefficient (Wildman–Crippen LogP) is 2.35. The van der Waals surface area contributed by atoms with Crippen molar-refractivity contribution in [3.05, 3.63) is 47.9 Å². The van der Waals surface area contributed by atoms with E-state index in [1.807, 2.05) is 6.07 Å². The van der Waals surface area contributed by atoms with Crippen molar-refractivity contribution in [1.29, 1.82) is 0 Å².